The summed E-state index contributed by atoms with van der Waals surface area (Å²) < 4.78 is 23.5. The van der Waals surface area contributed by atoms with E-state index >= 15 is 0 Å². The van der Waals surface area contributed by atoms with Crippen LogP contribution >= 0.6 is 11.3 Å². The zero-order valence-electron chi connectivity index (χ0n) is 13.4. The Kier molecular flexibility index (Phi) is 4.15. The number of carbonyl (C=O) groups excluding carboxylic acids is 1. The third-order valence-corrected chi connectivity index (χ3v) is 6.99. The quantitative estimate of drug-likeness (QED) is 0.754. The van der Waals surface area contributed by atoms with Gasteiger partial charge in [-0.3, -0.25) is 4.79 Å². The summed E-state index contributed by atoms with van der Waals surface area (Å²) in [5.74, 6) is -0.108. The molecule has 1 aromatic carbocycles. The molecular formula is C17H19N3O3S2. The van der Waals surface area contributed by atoms with Crippen LogP contribution in [0.1, 0.15) is 28.9 Å². The third kappa shape index (κ3) is 3.22. The van der Waals surface area contributed by atoms with Crippen molar-refractivity contribution in [3.8, 4) is 10.4 Å². The molecule has 2 bridgehead atoms. The van der Waals surface area contributed by atoms with E-state index in [1.54, 1.807) is 30.3 Å². The highest BCUT2D eigenvalue weighted by molar-refractivity contribution is 7.89. The number of sulfonamides is 1. The van der Waals surface area contributed by atoms with Gasteiger partial charge in [-0.1, -0.05) is 18.2 Å². The number of nitrogens with two attached hydrogens (primary N) is 1. The molecule has 4 N–H and O–H groups in total. The Hall–Kier alpha value is -1.74. The first-order valence-corrected chi connectivity index (χ1v) is 10.6. The van der Waals surface area contributed by atoms with E-state index in [0.29, 0.717) is 27.4 Å². The molecule has 1 amide bonds. The van der Waals surface area contributed by atoms with Gasteiger partial charge in [0.25, 0.3) is 5.91 Å². The average Bonchev–Trinajstić information content (AvgIpc) is 3.30. The van der Waals surface area contributed by atoms with Crippen molar-refractivity contribution in [2.75, 3.05) is 0 Å². The van der Waals surface area contributed by atoms with Gasteiger partial charge in [0.05, 0.1) is 9.77 Å². The Balaban J connectivity index is 1.56. The van der Waals surface area contributed by atoms with Gasteiger partial charge in [0.2, 0.25) is 10.0 Å². The van der Waals surface area contributed by atoms with Crippen LogP contribution in [0.3, 0.4) is 0 Å². The molecule has 1 aromatic heterocycles. The number of amides is 1. The molecule has 2 fully saturated rings. The number of hydrogen-bond donors (Lipinski definition) is 3. The second-order valence-electron chi connectivity index (χ2n) is 6.57. The maximum atomic E-state index is 12.5. The van der Waals surface area contributed by atoms with E-state index in [0.717, 1.165) is 12.8 Å². The number of primary sulfonamides is 1. The summed E-state index contributed by atoms with van der Waals surface area (Å²) in [6.07, 6.45) is 3.26. The highest BCUT2D eigenvalue weighted by Crippen LogP contribution is 2.33. The topological polar surface area (TPSA) is 101 Å². The number of nitrogens with one attached hydrogen (secondary N) is 2. The van der Waals surface area contributed by atoms with Crippen LogP contribution in [0.4, 0.5) is 0 Å². The lowest BCUT2D eigenvalue weighted by Crippen LogP contribution is -2.42. The first-order valence-electron chi connectivity index (χ1n) is 8.21. The molecular weight excluding hydrogens is 358 g/mol. The molecule has 3 heterocycles. The van der Waals surface area contributed by atoms with E-state index in [-0.39, 0.29) is 16.8 Å². The molecule has 4 rings (SSSR count). The summed E-state index contributed by atoms with van der Waals surface area (Å²) in [6.45, 7) is 0. The average molecular weight is 377 g/mol. The second kappa shape index (κ2) is 6.21. The number of rotatable bonds is 4. The molecule has 6 nitrogen and oxygen atoms in total. The predicted octanol–water partition coefficient (Wildman–Crippen LogP) is 1.69. The van der Waals surface area contributed by atoms with Gasteiger partial charge < -0.3 is 10.6 Å². The van der Waals surface area contributed by atoms with Gasteiger partial charge in [0, 0.05) is 28.6 Å². The van der Waals surface area contributed by atoms with Crippen LogP contribution in [0.5, 0.6) is 0 Å². The predicted molar refractivity (Wildman–Crippen MR) is 96.9 cm³/mol. The van der Waals surface area contributed by atoms with Crippen LogP contribution in [-0.2, 0) is 10.0 Å². The van der Waals surface area contributed by atoms with Crippen LogP contribution in [0.25, 0.3) is 10.4 Å². The molecule has 132 valence electrons. The van der Waals surface area contributed by atoms with Gasteiger partial charge in [0.15, 0.2) is 0 Å². The molecule has 8 heteroatoms. The standard InChI is InChI=1S/C17H19N3O3S2/c18-25(22,23)16-4-2-1-3-11(16)14-7-8-15(24-14)17(21)20-13-9-10-5-6-12(13)19-10/h1-4,7-8,10,12-13,19H,5-6,9H2,(H,20,21)(H2,18,22,23). The highest BCUT2D eigenvalue weighted by Gasteiger charge is 2.39. The van der Waals surface area contributed by atoms with Crippen molar-refractivity contribution < 1.29 is 13.2 Å². The molecule has 3 unspecified atom stereocenters. The fourth-order valence-electron chi connectivity index (χ4n) is 3.75. The molecule has 0 aliphatic carbocycles. The van der Waals surface area contributed by atoms with E-state index in [1.165, 1.54) is 23.8 Å². The first kappa shape index (κ1) is 16.7. The van der Waals surface area contributed by atoms with E-state index in [4.69, 9.17) is 5.14 Å². The maximum absolute atomic E-state index is 12.5. The van der Waals surface area contributed by atoms with Crippen molar-refractivity contribution in [3.63, 3.8) is 0 Å². The van der Waals surface area contributed by atoms with Crippen LogP contribution in [-0.4, -0.2) is 32.5 Å². The zero-order valence-corrected chi connectivity index (χ0v) is 15.1. The fraction of sp³-hybridized carbons (Fsp3) is 0.353. The molecule has 25 heavy (non-hydrogen) atoms. The molecule has 3 atom stereocenters. The fourth-order valence-corrected chi connectivity index (χ4v) is 5.51. The van der Waals surface area contributed by atoms with Gasteiger partial charge >= 0.3 is 0 Å². The van der Waals surface area contributed by atoms with E-state index in [1.807, 2.05) is 0 Å². The first-order chi connectivity index (χ1) is 11.9. The van der Waals surface area contributed by atoms with E-state index in [9.17, 15) is 13.2 Å². The largest absolute Gasteiger partial charge is 0.347 e. The Morgan fingerprint density at radius 2 is 2.00 bits per heavy atom. The smallest absolute Gasteiger partial charge is 0.261 e. The van der Waals surface area contributed by atoms with E-state index in [2.05, 4.69) is 10.6 Å². The minimum Gasteiger partial charge on any atom is -0.347 e. The van der Waals surface area contributed by atoms with Crippen molar-refractivity contribution >= 4 is 27.3 Å². The number of benzene rings is 1. The third-order valence-electron chi connectivity index (χ3n) is 4.91. The second-order valence-corrected chi connectivity index (χ2v) is 9.18. The highest BCUT2D eigenvalue weighted by atomic mass is 32.2. The lowest BCUT2D eigenvalue weighted by atomic mass is 9.95. The van der Waals surface area contributed by atoms with Crippen molar-refractivity contribution in [3.05, 3.63) is 41.3 Å². The van der Waals surface area contributed by atoms with Crippen molar-refractivity contribution in [1.82, 2.24) is 10.6 Å². The molecule has 2 aromatic rings. The number of thiophene rings is 1. The molecule has 0 radical (unpaired) electrons. The minimum absolute atomic E-state index is 0.0705. The Bertz CT molecular complexity index is 923. The molecule has 2 saturated heterocycles. The van der Waals surface area contributed by atoms with Gasteiger partial charge in [-0.15, -0.1) is 11.3 Å². The SMILES string of the molecule is NS(=O)(=O)c1ccccc1-c1ccc(C(=O)NC2CC3CCC2N3)s1. The number of carbonyl (C=O) groups is 1. The van der Waals surface area contributed by atoms with Crippen molar-refractivity contribution in [2.24, 2.45) is 5.14 Å². The van der Waals surface area contributed by atoms with Gasteiger partial charge in [-0.05, 0) is 37.5 Å². The summed E-state index contributed by atoms with van der Waals surface area (Å²) in [6, 6.07) is 11.1. The summed E-state index contributed by atoms with van der Waals surface area (Å²) >= 11 is 1.28. The van der Waals surface area contributed by atoms with Gasteiger partial charge in [0.1, 0.15) is 0 Å². The molecule has 0 spiro atoms. The summed E-state index contributed by atoms with van der Waals surface area (Å²) in [5, 5.41) is 11.9. The van der Waals surface area contributed by atoms with Crippen LogP contribution in [0.2, 0.25) is 0 Å². The van der Waals surface area contributed by atoms with Crippen molar-refractivity contribution in [1.29, 1.82) is 0 Å². The van der Waals surface area contributed by atoms with Crippen LogP contribution in [0.15, 0.2) is 41.3 Å². The summed E-state index contributed by atoms with van der Waals surface area (Å²) in [5.41, 5.74) is 0.524. The molecule has 2 aliphatic heterocycles. The van der Waals surface area contributed by atoms with Crippen molar-refractivity contribution in [2.45, 2.75) is 42.3 Å². The Labute approximate surface area is 150 Å². The lowest BCUT2D eigenvalue weighted by molar-refractivity contribution is 0.0935. The number of fused-ring (bicyclic) bond motifs is 2. The Morgan fingerprint density at radius 1 is 1.20 bits per heavy atom. The lowest BCUT2D eigenvalue weighted by Gasteiger charge is -2.21. The Morgan fingerprint density at radius 3 is 2.68 bits per heavy atom. The van der Waals surface area contributed by atoms with Gasteiger partial charge in [-0.2, -0.15) is 0 Å². The van der Waals surface area contributed by atoms with Gasteiger partial charge in [-0.25, -0.2) is 13.6 Å². The summed E-state index contributed by atoms with van der Waals surface area (Å²) in [4.78, 5) is 13.9. The monoisotopic (exact) mass is 377 g/mol. The van der Waals surface area contributed by atoms with Crippen LogP contribution in [0, 0.1) is 0 Å². The zero-order chi connectivity index (χ0) is 17.6. The maximum Gasteiger partial charge on any atom is 0.261 e. The van der Waals surface area contributed by atoms with E-state index < -0.39 is 10.0 Å². The molecule has 2 aliphatic rings. The van der Waals surface area contributed by atoms with Crippen LogP contribution < -0.4 is 15.8 Å². The summed E-state index contributed by atoms with van der Waals surface area (Å²) in [7, 11) is -3.82. The normalized spacial score (nSPS) is 25.2. The molecule has 0 saturated carbocycles. The minimum atomic E-state index is -3.82. The number of hydrogen-bond acceptors (Lipinski definition) is 5.